The van der Waals surface area contributed by atoms with Crippen LogP contribution in [0.15, 0.2) is 0 Å². The van der Waals surface area contributed by atoms with Crippen LogP contribution in [0.3, 0.4) is 0 Å². The summed E-state index contributed by atoms with van der Waals surface area (Å²) in [5, 5.41) is 3.52. The molecular formula is C10H22N2S. The molecule has 0 unspecified atom stereocenters. The van der Waals surface area contributed by atoms with Crippen LogP contribution in [0.25, 0.3) is 0 Å². The molecule has 1 rings (SSSR count). The van der Waals surface area contributed by atoms with Crippen molar-refractivity contribution in [2.45, 2.75) is 36.9 Å². The van der Waals surface area contributed by atoms with Gasteiger partial charge in [-0.05, 0) is 38.6 Å². The summed E-state index contributed by atoms with van der Waals surface area (Å²) in [6.07, 6.45) is 8.97. The molecule has 3 N–H and O–H groups in total. The van der Waals surface area contributed by atoms with Crippen LogP contribution < -0.4 is 11.1 Å². The van der Waals surface area contributed by atoms with Gasteiger partial charge < -0.3 is 11.1 Å². The van der Waals surface area contributed by atoms with E-state index < -0.39 is 0 Å². The van der Waals surface area contributed by atoms with E-state index in [0.29, 0.717) is 4.75 Å². The van der Waals surface area contributed by atoms with E-state index in [1.807, 2.05) is 11.8 Å². The summed E-state index contributed by atoms with van der Waals surface area (Å²) in [6.45, 7) is 3.06. The maximum absolute atomic E-state index is 5.44. The topological polar surface area (TPSA) is 38.0 Å². The van der Waals surface area contributed by atoms with Crippen molar-refractivity contribution in [1.82, 2.24) is 5.32 Å². The third-order valence-electron chi connectivity index (χ3n) is 2.95. The molecule has 0 spiro atoms. The molecule has 1 aliphatic rings. The van der Waals surface area contributed by atoms with Gasteiger partial charge in [-0.1, -0.05) is 12.8 Å². The van der Waals surface area contributed by atoms with Crippen LogP contribution in [-0.2, 0) is 0 Å². The van der Waals surface area contributed by atoms with E-state index in [1.165, 1.54) is 32.2 Å². The number of hydrogen-bond acceptors (Lipinski definition) is 3. The van der Waals surface area contributed by atoms with E-state index >= 15 is 0 Å². The van der Waals surface area contributed by atoms with Crippen molar-refractivity contribution < 1.29 is 0 Å². The van der Waals surface area contributed by atoms with Crippen LogP contribution in [0.2, 0.25) is 0 Å². The number of thioether (sulfide) groups is 1. The molecule has 0 aromatic carbocycles. The highest BCUT2D eigenvalue weighted by atomic mass is 32.2. The van der Waals surface area contributed by atoms with Crippen molar-refractivity contribution >= 4 is 11.8 Å². The Kier molecular flexibility index (Phi) is 5.14. The Balaban J connectivity index is 2.16. The predicted molar refractivity (Wildman–Crippen MR) is 61.3 cm³/mol. The second-order valence-corrected chi connectivity index (χ2v) is 5.19. The lowest BCUT2D eigenvalue weighted by atomic mass is 10.1. The van der Waals surface area contributed by atoms with E-state index in [0.717, 1.165) is 19.5 Å². The van der Waals surface area contributed by atoms with Gasteiger partial charge >= 0.3 is 0 Å². The fraction of sp³-hybridized carbons (Fsp3) is 1.00. The average molecular weight is 202 g/mol. The molecule has 0 saturated heterocycles. The van der Waals surface area contributed by atoms with Crippen LogP contribution in [-0.4, -0.2) is 30.6 Å². The lowest BCUT2D eigenvalue weighted by molar-refractivity contribution is 0.529. The van der Waals surface area contributed by atoms with Gasteiger partial charge in [0.2, 0.25) is 0 Å². The minimum atomic E-state index is 0.550. The zero-order valence-corrected chi connectivity index (χ0v) is 9.46. The smallest absolute Gasteiger partial charge is 0.0281 e. The summed E-state index contributed by atoms with van der Waals surface area (Å²) >= 11 is 2.04. The van der Waals surface area contributed by atoms with Gasteiger partial charge in [0.1, 0.15) is 0 Å². The Morgan fingerprint density at radius 2 is 2.08 bits per heavy atom. The molecule has 0 bridgehead atoms. The third kappa shape index (κ3) is 3.49. The van der Waals surface area contributed by atoms with E-state index in [2.05, 4.69) is 11.6 Å². The molecule has 0 atom stereocenters. The van der Waals surface area contributed by atoms with Gasteiger partial charge in [0, 0.05) is 11.3 Å². The largest absolute Gasteiger partial charge is 0.330 e. The zero-order valence-electron chi connectivity index (χ0n) is 8.64. The van der Waals surface area contributed by atoms with Crippen molar-refractivity contribution in [3.05, 3.63) is 0 Å². The fourth-order valence-electron chi connectivity index (χ4n) is 2.02. The molecule has 0 amide bonds. The molecule has 0 aliphatic heterocycles. The molecule has 0 radical (unpaired) electrons. The van der Waals surface area contributed by atoms with Crippen LogP contribution in [0.5, 0.6) is 0 Å². The van der Waals surface area contributed by atoms with Gasteiger partial charge in [0.05, 0.1) is 0 Å². The normalized spacial score (nSPS) is 20.8. The Bertz CT molecular complexity index is 133. The summed E-state index contributed by atoms with van der Waals surface area (Å²) in [5.74, 6) is 0. The molecule has 3 heteroatoms. The van der Waals surface area contributed by atoms with Crippen molar-refractivity contribution in [2.24, 2.45) is 5.73 Å². The maximum Gasteiger partial charge on any atom is 0.0281 e. The lowest BCUT2D eigenvalue weighted by Crippen LogP contribution is -2.35. The summed E-state index contributed by atoms with van der Waals surface area (Å²) < 4.78 is 0.550. The first-order chi connectivity index (χ1) is 6.33. The average Bonchev–Trinajstić information content (AvgIpc) is 2.62. The van der Waals surface area contributed by atoms with Gasteiger partial charge in [-0.15, -0.1) is 0 Å². The van der Waals surface area contributed by atoms with Crippen molar-refractivity contribution in [1.29, 1.82) is 0 Å². The van der Waals surface area contributed by atoms with Crippen LogP contribution in [0.1, 0.15) is 32.1 Å². The highest BCUT2D eigenvalue weighted by molar-refractivity contribution is 8.00. The molecular weight excluding hydrogens is 180 g/mol. The van der Waals surface area contributed by atoms with Crippen molar-refractivity contribution in [2.75, 3.05) is 25.9 Å². The Hall–Kier alpha value is 0.270. The Morgan fingerprint density at radius 1 is 1.38 bits per heavy atom. The van der Waals surface area contributed by atoms with Gasteiger partial charge in [0.25, 0.3) is 0 Å². The second-order valence-electron chi connectivity index (χ2n) is 3.91. The number of nitrogens with two attached hydrogens (primary N) is 1. The highest BCUT2D eigenvalue weighted by Gasteiger charge is 2.32. The standard InChI is InChI=1S/C10H22N2S/c1-13-10(5-2-3-6-10)9-12-8-4-7-11/h12H,2-9,11H2,1H3. The van der Waals surface area contributed by atoms with Gasteiger partial charge in [-0.25, -0.2) is 0 Å². The van der Waals surface area contributed by atoms with Gasteiger partial charge in [-0.2, -0.15) is 11.8 Å². The highest BCUT2D eigenvalue weighted by Crippen LogP contribution is 2.39. The molecule has 1 saturated carbocycles. The monoisotopic (exact) mass is 202 g/mol. The first-order valence-corrected chi connectivity index (χ1v) is 6.51. The third-order valence-corrected chi connectivity index (χ3v) is 4.37. The van der Waals surface area contributed by atoms with Gasteiger partial charge in [-0.3, -0.25) is 0 Å². The van der Waals surface area contributed by atoms with E-state index in [1.54, 1.807) is 0 Å². The van der Waals surface area contributed by atoms with Crippen LogP contribution >= 0.6 is 11.8 Å². The number of nitrogens with one attached hydrogen (secondary N) is 1. The van der Waals surface area contributed by atoms with Crippen molar-refractivity contribution in [3.8, 4) is 0 Å². The van der Waals surface area contributed by atoms with Gasteiger partial charge in [0.15, 0.2) is 0 Å². The van der Waals surface area contributed by atoms with Crippen LogP contribution in [0.4, 0.5) is 0 Å². The van der Waals surface area contributed by atoms with E-state index in [9.17, 15) is 0 Å². The SMILES string of the molecule is CSC1(CNCCCN)CCCC1. The number of rotatable bonds is 6. The molecule has 1 aliphatic carbocycles. The Morgan fingerprint density at radius 3 is 2.62 bits per heavy atom. The molecule has 1 fully saturated rings. The maximum atomic E-state index is 5.44. The molecule has 0 aromatic rings. The minimum absolute atomic E-state index is 0.550. The summed E-state index contributed by atoms with van der Waals surface area (Å²) in [5.41, 5.74) is 5.44. The fourth-order valence-corrected chi connectivity index (χ4v) is 2.96. The molecule has 78 valence electrons. The summed E-state index contributed by atoms with van der Waals surface area (Å²) in [7, 11) is 0. The van der Waals surface area contributed by atoms with E-state index in [-0.39, 0.29) is 0 Å². The molecule has 2 nitrogen and oxygen atoms in total. The quantitative estimate of drug-likeness (QED) is 0.643. The lowest BCUT2D eigenvalue weighted by Gasteiger charge is -2.27. The molecule has 13 heavy (non-hydrogen) atoms. The zero-order chi connectivity index (χ0) is 9.57. The first kappa shape index (κ1) is 11.3. The minimum Gasteiger partial charge on any atom is -0.330 e. The van der Waals surface area contributed by atoms with E-state index in [4.69, 9.17) is 5.73 Å². The van der Waals surface area contributed by atoms with Crippen molar-refractivity contribution in [3.63, 3.8) is 0 Å². The molecule has 0 heterocycles. The summed E-state index contributed by atoms with van der Waals surface area (Å²) in [4.78, 5) is 0. The Labute approximate surface area is 86.0 Å². The molecule has 0 aromatic heterocycles. The number of hydrogen-bond donors (Lipinski definition) is 2. The summed E-state index contributed by atoms with van der Waals surface area (Å²) in [6, 6.07) is 0. The predicted octanol–water partition coefficient (Wildman–Crippen LogP) is 1.60. The second kappa shape index (κ2) is 5.89. The first-order valence-electron chi connectivity index (χ1n) is 5.29. The van der Waals surface area contributed by atoms with Crippen LogP contribution in [0, 0.1) is 0 Å².